The first kappa shape index (κ1) is 26.9. The van der Waals surface area contributed by atoms with Crippen LogP contribution in [0.4, 0.5) is 0 Å². The van der Waals surface area contributed by atoms with Crippen molar-refractivity contribution in [2.75, 3.05) is 0 Å². The van der Waals surface area contributed by atoms with Crippen LogP contribution in [0.25, 0.3) is 5.70 Å². The lowest BCUT2D eigenvalue weighted by Crippen LogP contribution is -2.13. The minimum absolute atomic E-state index is 0.896. The zero-order valence-electron chi connectivity index (χ0n) is 21.1. The van der Waals surface area contributed by atoms with Gasteiger partial charge in [0, 0.05) is 29.6 Å². The molecule has 0 saturated carbocycles. The van der Waals surface area contributed by atoms with Crippen molar-refractivity contribution in [3.8, 4) is 0 Å². The zero-order valence-corrected chi connectivity index (χ0v) is 21.1. The molecule has 2 rings (SSSR count). The fourth-order valence-electron chi connectivity index (χ4n) is 3.90. The van der Waals surface area contributed by atoms with E-state index in [1.165, 1.54) is 22.4 Å². The SMILES string of the molecule is C=C/C=C(\C=C/CCCCc1ccccc1/C(=C/C)N=CC)N/C(=C/CC)Cc1ccccc1. The highest BCUT2D eigenvalue weighted by Gasteiger charge is 2.05. The molecule has 1 N–H and O–H groups in total. The molecule has 0 unspecified atom stereocenters. The summed E-state index contributed by atoms with van der Waals surface area (Å²) in [6.45, 7) is 10.1. The lowest BCUT2D eigenvalue weighted by Gasteiger charge is -2.12. The van der Waals surface area contributed by atoms with Crippen LogP contribution in [-0.4, -0.2) is 6.21 Å². The number of allylic oxidation sites excluding steroid dienone is 7. The van der Waals surface area contributed by atoms with E-state index in [-0.39, 0.29) is 0 Å². The first-order valence-electron chi connectivity index (χ1n) is 12.4. The van der Waals surface area contributed by atoms with Gasteiger partial charge in [-0.1, -0.05) is 92.4 Å². The van der Waals surface area contributed by atoms with Crippen LogP contribution in [0, 0.1) is 0 Å². The molecule has 34 heavy (non-hydrogen) atoms. The Bertz CT molecular complexity index is 1020. The van der Waals surface area contributed by atoms with Gasteiger partial charge in [-0.15, -0.1) is 0 Å². The van der Waals surface area contributed by atoms with Gasteiger partial charge >= 0.3 is 0 Å². The fraction of sp³-hybridized carbons (Fsp3) is 0.281. The van der Waals surface area contributed by atoms with Crippen LogP contribution in [0.2, 0.25) is 0 Å². The van der Waals surface area contributed by atoms with Gasteiger partial charge in [-0.25, -0.2) is 0 Å². The van der Waals surface area contributed by atoms with Gasteiger partial charge in [0.15, 0.2) is 0 Å². The van der Waals surface area contributed by atoms with Crippen LogP contribution >= 0.6 is 0 Å². The average molecular weight is 453 g/mol. The van der Waals surface area contributed by atoms with Crippen molar-refractivity contribution in [3.63, 3.8) is 0 Å². The maximum atomic E-state index is 4.53. The van der Waals surface area contributed by atoms with Gasteiger partial charge in [-0.05, 0) is 69.2 Å². The first-order chi connectivity index (χ1) is 16.7. The summed E-state index contributed by atoms with van der Waals surface area (Å²) in [6, 6.07) is 19.2. The molecular formula is C32H40N2. The smallest absolute Gasteiger partial charge is 0.0658 e. The van der Waals surface area contributed by atoms with E-state index < -0.39 is 0 Å². The van der Waals surface area contributed by atoms with Crippen molar-refractivity contribution in [1.82, 2.24) is 5.32 Å². The summed E-state index contributed by atoms with van der Waals surface area (Å²) in [4.78, 5) is 4.53. The fourth-order valence-corrected chi connectivity index (χ4v) is 3.90. The Hall–Kier alpha value is -3.39. The Labute approximate surface area is 207 Å². The molecule has 0 bridgehead atoms. The molecule has 2 nitrogen and oxygen atoms in total. The molecule has 0 aliphatic rings. The first-order valence-corrected chi connectivity index (χ1v) is 12.4. The van der Waals surface area contributed by atoms with E-state index >= 15 is 0 Å². The Morgan fingerprint density at radius 2 is 1.76 bits per heavy atom. The summed E-state index contributed by atoms with van der Waals surface area (Å²) in [7, 11) is 0. The monoisotopic (exact) mass is 452 g/mol. The summed E-state index contributed by atoms with van der Waals surface area (Å²) >= 11 is 0. The topological polar surface area (TPSA) is 24.4 Å². The van der Waals surface area contributed by atoms with Crippen molar-refractivity contribution in [3.05, 3.63) is 126 Å². The number of nitrogens with zero attached hydrogens (tertiary/aromatic N) is 1. The molecule has 0 saturated heterocycles. The molecule has 0 spiro atoms. The van der Waals surface area contributed by atoms with Crippen LogP contribution in [0.1, 0.15) is 63.1 Å². The highest BCUT2D eigenvalue weighted by molar-refractivity contribution is 5.74. The third-order valence-corrected chi connectivity index (χ3v) is 5.49. The van der Waals surface area contributed by atoms with Crippen molar-refractivity contribution >= 4 is 11.9 Å². The van der Waals surface area contributed by atoms with Gasteiger partial charge in [-0.3, -0.25) is 4.99 Å². The van der Waals surface area contributed by atoms with Crippen LogP contribution in [0.5, 0.6) is 0 Å². The Morgan fingerprint density at radius 3 is 2.47 bits per heavy atom. The largest absolute Gasteiger partial charge is 0.359 e. The second kappa shape index (κ2) is 16.3. The minimum atomic E-state index is 0.896. The van der Waals surface area contributed by atoms with E-state index in [1.54, 1.807) is 0 Å². The van der Waals surface area contributed by atoms with Gasteiger partial charge in [0.25, 0.3) is 0 Å². The number of aryl methyl sites for hydroxylation is 1. The van der Waals surface area contributed by atoms with Crippen molar-refractivity contribution in [2.24, 2.45) is 4.99 Å². The highest BCUT2D eigenvalue weighted by atomic mass is 14.9. The third-order valence-electron chi connectivity index (χ3n) is 5.49. The lowest BCUT2D eigenvalue weighted by molar-refractivity contribution is 0.745. The molecule has 2 aromatic rings. The van der Waals surface area contributed by atoms with Crippen molar-refractivity contribution < 1.29 is 0 Å². The molecule has 178 valence electrons. The molecule has 0 heterocycles. The van der Waals surface area contributed by atoms with E-state index in [9.17, 15) is 0 Å². The second-order valence-corrected chi connectivity index (χ2v) is 8.15. The van der Waals surface area contributed by atoms with Gasteiger partial charge < -0.3 is 5.32 Å². The zero-order chi connectivity index (χ0) is 24.4. The molecule has 0 aliphatic carbocycles. The quantitative estimate of drug-likeness (QED) is 0.173. The Kier molecular flexibility index (Phi) is 12.8. The van der Waals surface area contributed by atoms with E-state index in [2.05, 4.69) is 103 Å². The number of hydrogen-bond donors (Lipinski definition) is 1. The molecule has 0 aliphatic heterocycles. The van der Waals surface area contributed by atoms with E-state index in [1.807, 2.05) is 32.2 Å². The molecule has 0 atom stereocenters. The molecular weight excluding hydrogens is 412 g/mol. The number of benzene rings is 2. The van der Waals surface area contributed by atoms with E-state index in [0.717, 1.165) is 49.9 Å². The van der Waals surface area contributed by atoms with E-state index in [4.69, 9.17) is 0 Å². The second-order valence-electron chi connectivity index (χ2n) is 8.15. The number of unbranched alkanes of at least 4 members (excludes halogenated alkanes) is 2. The van der Waals surface area contributed by atoms with Crippen LogP contribution < -0.4 is 5.32 Å². The van der Waals surface area contributed by atoms with Gasteiger partial charge in [0.05, 0.1) is 5.70 Å². The number of hydrogen-bond acceptors (Lipinski definition) is 2. The normalized spacial score (nSPS) is 13.1. The van der Waals surface area contributed by atoms with Gasteiger partial charge in [0.1, 0.15) is 0 Å². The highest BCUT2D eigenvalue weighted by Crippen LogP contribution is 2.22. The van der Waals surface area contributed by atoms with Crippen molar-refractivity contribution in [2.45, 2.75) is 59.3 Å². The number of nitrogens with one attached hydrogen (secondary N) is 1. The van der Waals surface area contributed by atoms with Gasteiger partial charge in [-0.2, -0.15) is 0 Å². The minimum Gasteiger partial charge on any atom is -0.359 e. The molecule has 2 heteroatoms. The summed E-state index contributed by atoms with van der Waals surface area (Å²) in [6.07, 6.45) is 20.8. The maximum Gasteiger partial charge on any atom is 0.0658 e. The van der Waals surface area contributed by atoms with Crippen molar-refractivity contribution in [1.29, 1.82) is 0 Å². The molecule has 2 aromatic carbocycles. The summed E-state index contributed by atoms with van der Waals surface area (Å²) in [5, 5.41) is 3.60. The Balaban J connectivity index is 1.90. The Morgan fingerprint density at radius 1 is 1.00 bits per heavy atom. The maximum absolute atomic E-state index is 4.53. The molecule has 0 fully saturated rings. The summed E-state index contributed by atoms with van der Waals surface area (Å²) in [5.74, 6) is 0. The summed E-state index contributed by atoms with van der Waals surface area (Å²) in [5.41, 5.74) is 7.27. The van der Waals surface area contributed by atoms with Crippen LogP contribution in [0.15, 0.2) is 114 Å². The lowest BCUT2D eigenvalue weighted by atomic mass is 9.99. The molecule has 0 radical (unpaired) electrons. The average Bonchev–Trinajstić information content (AvgIpc) is 2.86. The molecule has 0 amide bonds. The van der Waals surface area contributed by atoms with Crippen LogP contribution in [-0.2, 0) is 12.8 Å². The number of aliphatic imine (C=N–C) groups is 1. The third kappa shape index (κ3) is 9.62. The standard InChI is InChI=1S/C32H40N2/c1-5-18-29(34-30(19-6-2)26-27-20-12-11-13-21-27)24-15-10-9-14-22-28-23-16-17-25-31(28)32(7-3)33-8-4/h5,7-8,11-13,15-21,23-25,34H,1,6,9-10,14,22,26H2,2-4H3/b24-15-,29-18+,30-19+,32-7-,33-8?. The predicted molar refractivity (Wildman–Crippen MR) is 151 cm³/mol. The molecule has 0 aromatic heterocycles. The predicted octanol–water partition coefficient (Wildman–Crippen LogP) is 8.60. The summed E-state index contributed by atoms with van der Waals surface area (Å²) < 4.78 is 0. The van der Waals surface area contributed by atoms with Gasteiger partial charge in [0.2, 0.25) is 0 Å². The van der Waals surface area contributed by atoms with E-state index in [0.29, 0.717) is 0 Å². The number of rotatable bonds is 14. The van der Waals surface area contributed by atoms with Crippen LogP contribution in [0.3, 0.4) is 0 Å².